The fraction of sp³-hybridized carbons (Fsp3) is 0.706. The summed E-state index contributed by atoms with van der Waals surface area (Å²) in [5.41, 5.74) is 0.429. The number of hydrogen-bond donors (Lipinski definition) is 1. The summed E-state index contributed by atoms with van der Waals surface area (Å²) in [5.74, 6) is 1.40. The maximum Gasteiger partial charge on any atom is 0.332 e. The van der Waals surface area contributed by atoms with Gasteiger partial charge in [-0.05, 0) is 12.3 Å². The molecule has 0 bridgehead atoms. The van der Waals surface area contributed by atoms with Gasteiger partial charge in [-0.25, -0.2) is 9.78 Å². The molecule has 0 atom stereocenters. The Balaban J connectivity index is 2.12. The average Bonchev–Trinajstić information content (AvgIpc) is 2.95. The Kier molecular flexibility index (Phi) is 5.10. The van der Waals surface area contributed by atoms with Crippen LogP contribution in [0.1, 0.15) is 26.1 Å². The lowest BCUT2D eigenvalue weighted by atomic mass is 10.1. The van der Waals surface area contributed by atoms with Crippen LogP contribution in [0.25, 0.3) is 11.2 Å². The summed E-state index contributed by atoms with van der Waals surface area (Å²) in [7, 11) is 3.21. The maximum absolute atomic E-state index is 12.7. The maximum atomic E-state index is 12.7. The normalized spacial score (nSPS) is 16.2. The van der Waals surface area contributed by atoms with Crippen molar-refractivity contribution in [3.8, 4) is 0 Å². The van der Waals surface area contributed by atoms with Crippen molar-refractivity contribution in [1.82, 2.24) is 28.9 Å². The second kappa shape index (κ2) is 7.13. The number of nitrogens with one attached hydrogen (secondary N) is 1. The Morgan fingerprint density at radius 2 is 1.80 bits per heavy atom. The topological polar surface area (TPSA) is 77.1 Å². The van der Waals surface area contributed by atoms with Gasteiger partial charge in [0.1, 0.15) is 5.82 Å². The highest BCUT2D eigenvalue weighted by molar-refractivity contribution is 5.71. The summed E-state index contributed by atoms with van der Waals surface area (Å²) in [6.45, 7) is 9.63. The summed E-state index contributed by atoms with van der Waals surface area (Å²) in [6.07, 6.45) is 0.964. The van der Waals surface area contributed by atoms with Gasteiger partial charge >= 0.3 is 5.69 Å². The third-order valence-electron chi connectivity index (χ3n) is 4.93. The molecule has 1 aliphatic rings. The van der Waals surface area contributed by atoms with Crippen LogP contribution in [-0.4, -0.2) is 49.8 Å². The van der Waals surface area contributed by atoms with Crippen LogP contribution in [0.2, 0.25) is 0 Å². The minimum atomic E-state index is -0.334. The van der Waals surface area contributed by atoms with Gasteiger partial charge < -0.3 is 9.88 Å². The summed E-state index contributed by atoms with van der Waals surface area (Å²) >= 11 is 0. The molecule has 0 aliphatic carbocycles. The highest BCUT2D eigenvalue weighted by Gasteiger charge is 2.21. The van der Waals surface area contributed by atoms with Crippen LogP contribution < -0.4 is 16.6 Å². The summed E-state index contributed by atoms with van der Waals surface area (Å²) < 4.78 is 4.67. The first-order valence-electron chi connectivity index (χ1n) is 8.98. The number of piperazine rings is 1. The fourth-order valence-electron chi connectivity index (χ4n) is 3.31. The zero-order valence-corrected chi connectivity index (χ0v) is 15.6. The summed E-state index contributed by atoms with van der Waals surface area (Å²) in [4.78, 5) is 32.0. The third-order valence-corrected chi connectivity index (χ3v) is 4.93. The molecule has 1 N–H and O–H groups in total. The number of fused-ring (bicyclic) bond motifs is 1. The lowest BCUT2D eigenvalue weighted by molar-refractivity contribution is 0.225. The quantitative estimate of drug-likeness (QED) is 0.816. The molecule has 0 radical (unpaired) electrons. The number of aromatic nitrogens is 4. The molecule has 0 amide bonds. The third kappa shape index (κ3) is 3.41. The Labute approximate surface area is 147 Å². The fourth-order valence-corrected chi connectivity index (χ4v) is 3.31. The molecule has 2 aromatic heterocycles. The number of rotatable bonds is 5. The van der Waals surface area contributed by atoms with Gasteiger partial charge in [-0.1, -0.05) is 13.8 Å². The van der Waals surface area contributed by atoms with E-state index in [9.17, 15) is 9.59 Å². The Morgan fingerprint density at radius 3 is 2.44 bits per heavy atom. The number of hydrogen-bond acceptors (Lipinski definition) is 5. The molecular formula is C17H28N6O2. The van der Waals surface area contributed by atoms with E-state index in [0.717, 1.165) is 45.0 Å². The van der Waals surface area contributed by atoms with Crippen LogP contribution in [-0.2, 0) is 27.2 Å². The Bertz CT molecular complexity index is 870. The predicted octanol–water partition coefficient (Wildman–Crippen LogP) is -0.115. The molecule has 138 valence electrons. The van der Waals surface area contributed by atoms with Gasteiger partial charge in [-0.3, -0.25) is 18.8 Å². The average molecular weight is 348 g/mol. The van der Waals surface area contributed by atoms with E-state index >= 15 is 0 Å². The molecule has 0 aromatic carbocycles. The molecular weight excluding hydrogens is 320 g/mol. The van der Waals surface area contributed by atoms with Gasteiger partial charge in [-0.15, -0.1) is 0 Å². The van der Waals surface area contributed by atoms with Gasteiger partial charge in [-0.2, -0.15) is 0 Å². The van der Waals surface area contributed by atoms with Crippen molar-refractivity contribution in [2.24, 2.45) is 20.0 Å². The molecule has 8 heteroatoms. The molecule has 3 heterocycles. The zero-order valence-electron chi connectivity index (χ0n) is 15.6. The SMILES string of the molecule is CC(C)CCn1c(CN2CCNCC2)nc2c1c(=O)n(C)c(=O)n2C. The van der Waals surface area contributed by atoms with E-state index < -0.39 is 0 Å². The Hall–Kier alpha value is -1.93. The first-order valence-corrected chi connectivity index (χ1v) is 8.98. The van der Waals surface area contributed by atoms with Crippen LogP contribution in [0.4, 0.5) is 0 Å². The van der Waals surface area contributed by atoms with Crippen molar-refractivity contribution in [3.63, 3.8) is 0 Å². The van der Waals surface area contributed by atoms with Crippen molar-refractivity contribution >= 4 is 11.2 Å². The number of imidazole rings is 1. The van der Waals surface area contributed by atoms with Crippen molar-refractivity contribution in [2.45, 2.75) is 33.4 Å². The number of nitrogens with zero attached hydrogens (tertiary/aromatic N) is 5. The van der Waals surface area contributed by atoms with E-state index in [1.807, 2.05) is 4.57 Å². The lowest BCUT2D eigenvalue weighted by Crippen LogP contribution is -2.43. The summed E-state index contributed by atoms with van der Waals surface area (Å²) in [6, 6.07) is 0. The molecule has 0 saturated carbocycles. The van der Waals surface area contributed by atoms with Gasteiger partial charge in [0.15, 0.2) is 11.2 Å². The van der Waals surface area contributed by atoms with Crippen LogP contribution >= 0.6 is 0 Å². The van der Waals surface area contributed by atoms with Crippen molar-refractivity contribution < 1.29 is 0 Å². The van der Waals surface area contributed by atoms with E-state index in [-0.39, 0.29) is 11.2 Å². The summed E-state index contributed by atoms with van der Waals surface area (Å²) in [5, 5.41) is 3.35. The smallest absolute Gasteiger partial charge is 0.321 e. The first-order chi connectivity index (χ1) is 11.9. The van der Waals surface area contributed by atoms with Crippen molar-refractivity contribution in [1.29, 1.82) is 0 Å². The molecule has 1 aliphatic heterocycles. The van der Waals surface area contributed by atoms with E-state index in [4.69, 9.17) is 4.98 Å². The predicted molar refractivity (Wildman–Crippen MR) is 97.8 cm³/mol. The second-order valence-electron chi connectivity index (χ2n) is 7.27. The first kappa shape index (κ1) is 17.9. The van der Waals surface area contributed by atoms with Crippen LogP contribution in [0.15, 0.2) is 9.59 Å². The highest BCUT2D eigenvalue weighted by atomic mass is 16.2. The number of aryl methyl sites for hydroxylation is 2. The lowest BCUT2D eigenvalue weighted by Gasteiger charge is -2.27. The molecule has 0 spiro atoms. The molecule has 8 nitrogen and oxygen atoms in total. The van der Waals surface area contributed by atoms with Gasteiger partial charge in [0.2, 0.25) is 0 Å². The van der Waals surface area contributed by atoms with Gasteiger partial charge in [0.05, 0.1) is 6.54 Å². The molecule has 1 saturated heterocycles. The molecule has 2 aromatic rings. The standard InChI is InChI=1S/C17H28N6O2/c1-12(2)5-8-23-13(11-22-9-6-18-7-10-22)19-15-14(23)16(24)21(4)17(25)20(15)3/h12,18H,5-11H2,1-4H3. The van der Waals surface area contributed by atoms with E-state index in [0.29, 0.717) is 23.6 Å². The van der Waals surface area contributed by atoms with Crippen LogP contribution in [0, 0.1) is 5.92 Å². The van der Waals surface area contributed by atoms with E-state index in [1.54, 1.807) is 7.05 Å². The Morgan fingerprint density at radius 1 is 1.12 bits per heavy atom. The van der Waals surface area contributed by atoms with Crippen LogP contribution in [0.5, 0.6) is 0 Å². The molecule has 25 heavy (non-hydrogen) atoms. The van der Waals surface area contributed by atoms with Gasteiger partial charge in [0.25, 0.3) is 5.56 Å². The highest BCUT2D eigenvalue weighted by Crippen LogP contribution is 2.16. The molecule has 1 fully saturated rings. The second-order valence-corrected chi connectivity index (χ2v) is 7.27. The largest absolute Gasteiger partial charge is 0.332 e. The molecule has 3 rings (SSSR count). The monoisotopic (exact) mass is 348 g/mol. The minimum Gasteiger partial charge on any atom is -0.321 e. The molecule has 0 unspecified atom stereocenters. The van der Waals surface area contributed by atoms with Gasteiger partial charge in [0, 0.05) is 46.8 Å². The minimum absolute atomic E-state index is 0.263. The van der Waals surface area contributed by atoms with Crippen molar-refractivity contribution in [3.05, 3.63) is 26.7 Å². The zero-order chi connectivity index (χ0) is 18.1. The van der Waals surface area contributed by atoms with E-state index in [1.165, 1.54) is 16.2 Å². The van der Waals surface area contributed by atoms with Crippen LogP contribution in [0.3, 0.4) is 0 Å². The van der Waals surface area contributed by atoms with E-state index in [2.05, 4.69) is 24.1 Å². The van der Waals surface area contributed by atoms with Crippen molar-refractivity contribution in [2.75, 3.05) is 26.2 Å².